The predicted molar refractivity (Wildman–Crippen MR) is 95.7 cm³/mol. The van der Waals surface area contributed by atoms with Crippen LogP contribution in [-0.2, 0) is 4.57 Å². The summed E-state index contributed by atoms with van der Waals surface area (Å²) in [6.45, 7) is 4.28. The largest absolute Gasteiger partial charge is 0.343 e. The van der Waals surface area contributed by atoms with E-state index in [1.165, 1.54) is 17.1 Å². The molecule has 0 fully saturated rings. The van der Waals surface area contributed by atoms with Crippen LogP contribution in [0.4, 0.5) is 0 Å². The number of benzene rings is 2. The second kappa shape index (κ2) is 6.75. The molecule has 0 spiro atoms. The zero-order chi connectivity index (χ0) is 16.4. The van der Waals surface area contributed by atoms with Gasteiger partial charge < -0.3 is 4.89 Å². The topological polar surface area (TPSA) is 63.1 Å². The highest BCUT2D eigenvalue weighted by molar-refractivity contribution is 7.47. The van der Waals surface area contributed by atoms with E-state index in [0.717, 1.165) is 11.1 Å². The lowest BCUT2D eigenvalue weighted by atomic mass is 9.89. The summed E-state index contributed by atoms with van der Waals surface area (Å²) in [6, 6.07) is 13.6. The van der Waals surface area contributed by atoms with Crippen molar-refractivity contribution in [3.8, 4) is 22.4 Å². The maximum absolute atomic E-state index is 11.9. The molecule has 0 amide bonds. The van der Waals surface area contributed by atoms with Crippen LogP contribution in [0.2, 0.25) is 0 Å². The highest BCUT2D eigenvalue weighted by Crippen LogP contribution is 2.37. The van der Waals surface area contributed by atoms with Crippen LogP contribution in [0.1, 0.15) is 25.3 Å². The van der Waals surface area contributed by atoms with Gasteiger partial charge in [0, 0.05) is 16.2 Å². The molecule has 118 valence electrons. The molecule has 0 aliphatic rings. The lowest BCUT2D eigenvalue weighted by Crippen LogP contribution is -2.05. The predicted octanol–water partition coefficient (Wildman–Crippen LogP) is 4.09. The van der Waals surface area contributed by atoms with Crippen molar-refractivity contribution in [1.29, 1.82) is 0 Å². The first-order valence-electron chi connectivity index (χ1n) is 7.32. The number of rotatable bonds is 4. The first kappa shape index (κ1) is 16.1. The van der Waals surface area contributed by atoms with Crippen molar-refractivity contribution in [3.05, 3.63) is 53.4 Å². The monoisotopic (exact) mass is 344 g/mol. The van der Waals surface area contributed by atoms with Crippen molar-refractivity contribution in [2.45, 2.75) is 19.8 Å². The number of aromatic nitrogens is 2. The molecule has 3 rings (SSSR count). The summed E-state index contributed by atoms with van der Waals surface area (Å²) in [7, 11) is -2.84. The van der Waals surface area contributed by atoms with Gasteiger partial charge in [-0.2, -0.15) is 0 Å². The molecule has 0 aliphatic carbocycles. The van der Waals surface area contributed by atoms with Gasteiger partial charge in [0.15, 0.2) is 0 Å². The summed E-state index contributed by atoms with van der Waals surface area (Å²) in [5, 5.41) is 6.37. The van der Waals surface area contributed by atoms with Gasteiger partial charge in [0.05, 0.1) is 0 Å². The molecule has 1 N–H and O–H groups in total. The zero-order valence-electron chi connectivity index (χ0n) is 12.9. The van der Waals surface area contributed by atoms with Gasteiger partial charge in [0.2, 0.25) is 8.03 Å². The van der Waals surface area contributed by atoms with E-state index in [1.54, 1.807) is 6.07 Å². The molecule has 23 heavy (non-hydrogen) atoms. The van der Waals surface area contributed by atoms with Crippen molar-refractivity contribution in [2.75, 3.05) is 0 Å². The third-order valence-electron chi connectivity index (χ3n) is 3.78. The number of nitrogens with zero attached hydrogens (tertiary/aromatic N) is 2. The van der Waals surface area contributed by atoms with Crippen LogP contribution in [0.3, 0.4) is 0 Å². The summed E-state index contributed by atoms with van der Waals surface area (Å²) >= 11 is 1.24. The van der Waals surface area contributed by atoms with E-state index in [-0.39, 0.29) is 0 Å². The van der Waals surface area contributed by atoms with Gasteiger partial charge in [-0.1, -0.05) is 54.7 Å². The van der Waals surface area contributed by atoms with Crippen LogP contribution >= 0.6 is 19.6 Å². The van der Waals surface area contributed by atoms with Crippen LogP contribution in [0.5, 0.6) is 0 Å². The van der Waals surface area contributed by atoms with E-state index < -0.39 is 8.03 Å². The SMILES string of the molecule is CC(C)c1ccccc1-c1cccc([PH](=O)O)c1-c1csnn1. The summed E-state index contributed by atoms with van der Waals surface area (Å²) < 4.78 is 15.8. The molecule has 1 unspecified atom stereocenters. The van der Waals surface area contributed by atoms with Gasteiger partial charge in [-0.3, -0.25) is 4.57 Å². The van der Waals surface area contributed by atoms with Gasteiger partial charge >= 0.3 is 0 Å². The van der Waals surface area contributed by atoms with Gasteiger partial charge in [-0.05, 0) is 40.2 Å². The fraction of sp³-hybridized carbons (Fsp3) is 0.176. The van der Waals surface area contributed by atoms with E-state index in [1.807, 2.05) is 35.7 Å². The first-order valence-corrected chi connectivity index (χ1v) is 9.52. The Morgan fingerprint density at radius 1 is 1.09 bits per heavy atom. The average molecular weight is 344 g/mol. The lowest BCUT2D eigenvalue weighted by Gasteiger charge is -2.17. The van der Waals surface area contributed by atoms with Gasteiger partial charge in [-0.15, -0.1) is 5.10 Å². The van der Waals surface area contributed by atoms with Crippen molar-refractivity contribution in [1.82, 2.24) is 9.59 Å². The van der Waals surface area contributed by atoms with E-state index in [4.69, 9.17) is 0 Å². The Balaban J connectivity index is 2.33. The smallest absolute Gasteiger partial charge is 0.218 e. The van der Waals surface area contributed by atoms with E-state index in [2.05, 4.69) is 29.5 Å². The molecule has 0 saturated carbocycles. The highest BCUT2D eigenvalue weighted by atomic mass is 32.1. The molecule has 0 saturated heterocycles. The average Bonchev–Trinajstić information content (AvgIpc) is 3.08. The van der Waals surface area contributed by atoms with Crippen molar-refractivity contribution < 1.29 is 9.46 Å². The Bertz CT molecular complexity index is 848. The Morgan fingerprint density at radius 3 is 2.48 bits per heavy atom. The molecule has 1 aromatic heterocycles. The van der Waals surface area contributed by atoms with Gasteiger partial charge in [-0.25, -0.2) is 0 Å². The molecule has 0 radical (unpaired) electrons. The Labute approximate surface area is 139 Å². The van der Waals surface area contributed by atoms with E-state index in [9.17, 15) is 9.46 Å². The maximum atomic E-state index is 11.9. The minimum atomic E-state index is -2.84. The summed E-state index contributed by atoms with van der Waals surface area (Å²) in [5.74, 6) is 0.349. The fourth-order valence-electron chi connectivity index (χ4n) is 2.75. The van der Waals surface area contributed by atoms with Crippen molar-refractivity contribution in [2.24, 2.45) is 0 Å². The minimum absolute atomic E-state index is 0.349. The lowest BCUT2D eigenvalue weighted by molar-refractivity contribution is 0.513. The maximum Gasteiger partial charge on any atom is 0.218 e. The molecule has 2 aromatic carbocycles. The standard InChI is InChI=1S/C17H17N2O2PS/c1-11(2)12-6-3-4-7-13(12)14-8-5-9-16(22(20)21)17(14)15-10-23-19-18-15/h3-11,22H,1-2H3,(H,20,21). The Morgan fingerprint density at radius 2 is 1.83 bits per heavy atom. The second-order valence-corrected chi connectivity index (χ2v) is 7.32. The van der Waals surface area contributed by atoms with Crippen LogP contribution in [0, 0.1) is 0 Å². The van der Waals surface area contributed by atoms with Gasteiger partial charge in [0.25, 0.3) is 0 Å². The molecular formula is C17H17N2O2PS. The number of hydrogen-bond donors (Lipinski definition) is 1. The second-order valence-electron chi connectivity index (χ2n) is 5.57. The highest BCUT2D eigenvalue weighted by Gasteiger charge is 2.19. The Kier molecular flexibility index (Phi) is 4.71. The molecule has 0 bridgehead atoms. The van der Waals surface area contributed by atoms with Crippen LogP contribution in [0.15, 0.2) is 47.8 Å². The summed E-state index contributed by atoms with van der Waals surface area (Å²) in [4.78, 5) is 9.75. The quantitative estimate of drug-likeness (QED) is 0.724. The molecule has 1 heterocycles. The molecule has 3 aromatic rings. The summed E-state index contributed by atoms with van der Waals surface area (Å²) in [6.07, 6.45) is 0. The fourth-order valence-corrected chi connectivity index (χ4v) is 3.91. The summed E-state index contributed by atoms with van der Waals surface area (Å²) in [5.41, 5.74) is 4.54. The molecule has 4 nitrogen and oxygen atoms in total. The van der Waals surface area contributed by atoms with E-state index >= 15 is 0 Å². The van der Waals surface area contributed by atoms with Gasteiger partial charge in [0.1, 0.15) is 5.69 Å². The third kappa shape index (κ3) is 3.13. The first-order chi connectivity index (χ1) is 11.1. The van der Waals surface area contributed by atoms with Crippen LogP contribution < -0.4 is 5.30 Å². The molecular weight excluding hydrogens is 327 g/mol. The molecule has 1 atom stereocenters. The van der Waals surface area contributed by atoms with Crippen molar-refractivity contribution in [3.63, 3.8) is 0 Å². The zero-order valence-corrected chi connectivity index (χ0v) is 14.7. The normalized spacial score (nSPS) is 12.5. The number of hydrogen-bond acceptors (Lipinski definition) is 4. The van der Waals surface area contributed by atoms with Crippen LogP contribution in [-0.4, -0.2) is 14.5 Å². The van der Waals surface area contributed by atoms with Crippen LogP contribution in [0.25, 0.3) is 22.4 Å². The minimum Gasteiger partial charge on any atom is -0.343 e. The third-order valence-corrected chi connectivity index (χ3v) is 5.17. The molecule has 0 aliphatic heterocycles. The van der Waals surface area contributed by atoms with E-state index in [0.29, 0.717) is 22.5 Å². The Hall–Kier alpha value is -1.81. The van der Waals surface area contributed by atoms with Crippen molar-refractivity contribution >= 4 is 24.9 Å². The molecule has 6 heteroatoms.